The summed E-state index contributed by atoms with van der Waals surface area (Å²) in [6.07, 6.45) is 4.43. The third-order valence-electron chi connectivity index (χ3n) is 7.37. The summed E-state index contributed by atoms with van der Waals surface area (Å²) in [5, 5.41) is 0. The van der Waals surface area contributed by atoms with Gasteiger partial charge >= 0.3 is 0 Å². The fourth-order valence-corrected chi connectivity index (χ4v) is 5.79. The Labute approximate surface area is 206 Å². The van der Waals surface area contributed by atoms with Gasteiger partial charge in [-0.05, 0) is 78.8 Å². The Bertz CT molecular complexity index is 1080. The number of halogens is 3. The number of anilines is 2. The summed E-state index contributed by atoms with van der Waals surface area (Å²) in [5.41, 5.74) is 9.96. The van der Waals surface area contributed by atoms with Crippen LogP contribution in [0, 0.1) is 15.9 Å². The minimum atomic E-state index is -2.63. The molecule has 3 heterocycles. The average molecular weight is 567 g/mol. The van der Waals surface area contributed by atoms with Crippen molar-refractivity contribution in [2.24, 2.45) is 11.1 Å². The van der Waals surface area contributed by atoms with Crippen molar-refractivity contribution in [2.45, 2.75) is 51.4 Å². The Morgan fingerprint density at radius 3 is 2.24 bits per heavy atom. The van der Waals surface area contributed by atoms with E-state index in [4.69, 9.17) is 10.7 Å². The van der Waals surface area contributed by atoms with E-state index in [1.54, 1.807) is 6.07 Å². The number of nitrogens with two attached hydrogens (primary N) is 1. The van der Waals surface area contributed by atoms with Crippen molar-refractivity contribution in [1.29, 1.82) is 0 Å². The van der Waals surface area contributed by atoms with Crippen molar-refractivity contribution < 1.29 is 13.6 Å². The summed E-state index contributed by atoms with van der Waals surface area (Å²) in [6, 6.07) is 5.59. The van der Waals surface area contributed by atoms with Crippen LogP contribution >= 0.6 is 22.6 Å². The molecule has 1 amide bonds. The molecule has 6 nitrogen and oxygen atoms in total. The highest BCUT2D eigenvalue weighted by atomic mass is 127. The fourth-order valence-electron chi connectivity index (χ4n) is 5.08. The smallest absolute Gasteiger partial charge is 0.251 e. The van der Waals surface area contributed by atoms with Crippen molar-refractivity contribution in [3.05, 3.63) is 33.0 Å². The predicted molar refractivity (Wildman–Crippen MR) is 133 cm³/mol. The molecule has 1 aromatic carbocycles. The topological polar surface area (TPSA) is 75.4 Å². The van der Waals surface area contributed by atoms with Gasteiger partial charge < -0.3 is 15.5 Å². The SMILES string of the molecule is Cc1cc(-c2c(I)ccc(C(N)=O)c2N2CCC3(CC2)CC3)nc(N2CCC(F)(F)CC2)n1. The van der Waals surface area contributed by atoms with Crippen molar-refractivity contribution in [3.8, 4) is 11.3 Å². The predicted octanol–water partition coefficient (Wildman–Crippen LogP) is 4.77. The van der Waals surface area contributed by atoms with Crippen LogP contribution in [0.5, 0.6) is 0 Å². The number of carbonyl (C=O) groups excluding carboxylic acids is 1. The van der Waals surface area contributed by atoms with Crippen LogP contribution in [-0.2, 0) is 0 Å². The Morgan fingerprint density at radius 2 is 1.64 bits per heavy atom. The molecule has 0 bridgehead atoms. The number of rotatable bonds is 4. The fraction of sp³-hybridized carbons (Fsp3) is 0.542. The first-order valence-corrected chi connectivity index (χ1v) is 12.6. The molecule has 0 radical (unpaired) electrons. The molecule has 1 saturated carbocycles. The number of benzene rings is 1. The van der Waals surface area contributed by atoms with E-state index < -0.39 is 11.8 Å². The summed E-state index contributed by atoms with van der Waals surface area (Å²) in [7, 11) is 0. The largest absolute Gasteiger partial charge is 0.370 e. The zero-order chi connectivity index (χ0) is 23.4. The van der Waals surface area contributed by atoms with Crippen LogP contribution in [0.15, 0.2) is 18.2 Å². The number of aromatic nitrogens is 2. The molecule has 2 N–H and O–H groups in total. The lowest BCUT2D eigenvalue weighted by Crippen LogP contribution is -2.40. The van der Waals surface area contributed by atoms with Crippen molar-refractivity contribution in [2.75, 3.05) is 36.0 Å². The first-order valence-electron chi connectivity index (χ1n) is 11.5. The number of piperidine rings is 2. The highest BCUT2D eigenvalue weighted by Crippen LogP contribution is 2.54. The number of alkyl halides is 2. The third kappa shape index (κ3) is 4.52. The Morgan fingerprint density at radius 1 is 1.00 bits per heavy atom. The van der Waals surface area contributed by atoms with E-state index in [1.165, 1.54) is 12.8 Å². The van der Waals surface area contributed by atoms with E-state index >= 15 is 0 Å². The summed E-state index contributed by atoms with van der Waals surface area (Å²) in [6.45, 7) is 4.08. The molecule has 1 aliphatic carbocycles. The molecule has 0 atom stereocenters. The van der Waals surface area contributed by atoms with E-state index in [0.717, 1.165) is 46.4 Å². The molecule has 176 valence electrons. The van der Waals surface area contributed by atoms with Gasteiger partial charge in [0, 0.05) is 53.8 Å². The van der Waals surface area contributed by atoms with Crippen LogP contribution in [0.1, 0.15) is 54.6 Å². The standard InChI is InChI=1S/C24H28F2IN5O/c1-15-14-18(30-22(29-15)32-12-8-24(25,26)9-13-32)19-17(27)3-2-16(21(28)33)20(19)31-10-6-23(4-5-23)7-11-31/h2-3,14H,4-13H2,1H3,(H2,28,33). The molecule has 2 saturated heterocycles. The van der Waals surface area contributed by atoms with Gasteiger partial charge in [-0.2, -0.15) is 0 Å². The van der Waals surface area contributed by atoms with Crippen LogP contribution in [0.3, 0.4) is 0 Å². The monoisotopic (exact) mass is 567 g/mol. The lowest BCUT2D eigenvalue weighted by molar-refractivity contribution is -0.0222. The van der Waals surface area contributed by atoms with Crippen LogP contribution in [-0.4, -0.2) is 48.0 Å². The Balaban J connectivity index is 1.57. The Kier molecular flexibility index (Phi) is 5.73. The number of aryl methyl sites for hydroxylation is 1. The molecule has 1 spiro atoms. The van der Waals surface area contributed by atoms with E-state index in [-0.39, 0.29) is 25.9 Å². The average Bonchev–Trinajstić information content (AvgIpc) is 3.52. The number of carbonyl (C=O) groups is 1. The lowest BCUT2D eigenvalue weighted by atomic mass is 9.92. The van der Waals surface area contributed by atoms with Gasteiger partial charge in [-0.3, -0.25) is 4.79 Å². The van der Waals surface area contributed by atoms with Crippen LogP contribution in [0.25, 0.3) is 11.3 Å². The van der Waals surface area contributed by atoms with Gasteiger partial charge in [0.15, 0.2) is 0 Å². The quantitative estimate of drug-likeness (QED) is 0.539. The molecular weight excluding hydrogens is 539 g/mol. The van der Waals surface area contributed by atoms with E-state index in [1.807, 2.05) is 24.0 Å². The second kappa shape index (κ2) is 8.32. The highest BCUT2D eigenvalue weighted by Gasteiger charge is 2.45. The maximum absolute atomic E-state index is 13.7. The second-order valence-electron chi connectivity index (χ2n) is 9.71. The van der Waals surface area contributed by atoms with Crippen molar-refractivity contribution >= 4 is 40.1 Å². The number of nitrogens with zero attached hydrogens (tertiary/aromatic N) is 4. The minimum absolute atomic E-state index is 0.199. The highest BCUT2D eigenvalue weighted by molar-refractivity contribution is 14.1. The molecule has 1 aromatic heterocycles. The third-order valence-corrected chi connectivity index (χ3v) is 8.27. The number of primary amides is 1. The van der Waals surface area contributed by atoms with Crippen LogP contribution in [0.4, 0.5) is 20.4 Å². The van der Waals surface area contributed by atoms with Crippen molar-refractivity contribution in [1.82, 2.24) is 9.97 Å². The van der Waals surface area contributed by atoms with Crippen LogP contribution < -0.4 is 15.5 Å². The zero-order valence-corrected chi connectivity index (χ0v) is 20.9. The summed E-state index contributed by atoms with van der Waals surface area (Å²) >= 11 is 2.28. The molecular formula is C24H28F2IN5O. The van der Waals surface area contributed by atoms with Gasteiger partial charge in [-0.1, -0.05) is 0 Å². The molecule has 3 aliphatic rings. The zero-order valence-electron chi connectivity index (χ0n) is 18.7. The number of amides is 1. The van der Waals surface area contributed by atoms with Crippen molar-refractivity contribution in [3.63, 3.8) is 0 Å². The molecule has 9 heteroatoms. The van der Waals surface area contributed by atoms with Gasteiger partial charge in [-0.15, -0.1) is 0 Å². The van der Waals surface area contributed by atoms with Gasteiger partial charge in [-0.25, -0.2) is 18.7 Å². The van der Waals surface area contributed by atoms with E-state index in [2.05, 4.69) is 32.5 Å². The van der Waals surface area contributed by atoms with E-state index in [0.29, 0.717) is 22.6 Å². The lowest BCUT2D eigenvalue weighted by Gasteiger charge is -2.36. The molecule has 2 aliphatic heterocycles. The van der Waals surface area contributed by atoms with Gasteiger partial charge in [0.1, 0.15) is 0 Å². The van der Waals surface area contributed by atoms with Gasteiger partial charge in [0.2, 0.25) is 5.95 Å². The normalized spacial score (nSPS) is 21.3. The molecule has 5 rings (SSSR count). The first-order chi connectivity index (χ1) is 15.7. The maximum Gasteiger partial charge on any atom is 0.251 e. The minimum Gasteiger partial charge on any atom is -0.370 e. The maximum atomic E-state index is 13.7. The van der Waals surface area contributed by atoms with Crippen LogP contribution in [0.2, 0.25) is 0 Å². The van der Waals surface area contributed by atoms with E-state index in [9.17, 15) is 13.6 Å². The molecule has 3 fully saturated rings. The van der Waals surface area contributed by atoms with Gasteiger partial charge in [0.05, 0.1) is 16.9 Å². The second-order valence-corrected chi connectivity index (χ2v) is 10.9. The summed E-state index contributed by atoms with van der Waals surface area (Å²) < 4.78 is 28.3. The first kappa shape index (κ1) is 22.7. The Hall–Kier alpha value is -2.04. The summed E-state index contributed by atoms with van der Waals surface area (Å²) in [4.78, 5) is 25.9. The molecule has 2 aromatic rings. The molecule has 33 heavy (non-hydrogen) atoms. The number of hydrogen-bond donors (Lipinski definition) is 1. The summed E-state index contributed by atoms with van der Waals surface area (Å²) in [5.74, 6) is -2.63. The number of hydrogen-bond acceptors (Lipinski definition) is 5. The van der Waals surface area contributed by atoms with Gasteiger partial charge in [0.25, 0.3) is 11.8 Å². The molecule has 0 unspecified atom stereocenters.